The first-order valence-electron chi connectivity index (χ1n) is 7.07. The smallest absolute Gasteiger partial charge is 0.231 e. The number of anilines is 1. The highest BCUT2D eigenvalue weighted by Crippen LogP contribution is 2.32. The van der Waals surface area contributed by atoms with Gasteiger partial charge in [-0.15, -0.1) is 0 Å². The lowest BCUT2D eigenvalue weighted by Crippen LogP contribution is -1.97. The molecule has 0 aromatic heterocycles. The van der Waals surface area contributed by atoms with E-state index in [1.807, 2.05) is 26.0 Å². The molecule has 1 heterocycles. The van der Waals surface area contributed by atoms with Crippen LogP contribution in [0.5, 0.6) is 11.5 Å². The highest BCUT2D eigenvalue weighted by atomic mass is 16.7. The molecule has 1 aliphatic heterocycles. The van der Waals surface area contributed by atoms with Crippen molar-refractivity contribution in [3.8, 4) is 11.5 Å². The van der Waals surface area contributed by atoms with E-state index in [1.165, 1.54) is 17.2 Å². The van der Waals surface area contributed by atoms with Crippen LogP contribution >= 0.6 is 0 Å². The Balaban J connectivity index is 1.68. The van der Waals surface area contributed by atoms with Crippen molar-refractivity contribution >= 4 is 11.5 Å². The molecule has 0 aliphatic carbocycles. The van der Waals surface area contributed by atoms with E-state index in [4.69, 9.17) is 9.47 Å². The van der Waals surface area contributed by atoms with Crippen LogP contribution in [0.2, 0.25) is 0 Å². The van der Waals surface area contributed by atoms with Crippen LogP contribution in [0.15, 0.2) is 48.7 Å². The van der Waals surface area contributed by atoms with Crippen LogP contribution < -0.4 is 14.8 Å². The van der Waals surface area contributed by atoms with E-state index in [1.54, 1.807) is 24.4 Å². The monoisotopic (exact) mass is 295 g/mol. The van der Waals surface area contributed by atoms with Crippen molar-refractivity contribution in [2.45, 2.75) is 13.8 Å². The summed E-state index contributed by atoms with van der Waals surface area (Å²) in [7, 11) is 0. The van der Waals surface area contributed by atoms with Crippen molar-refractivity contribution in [1.82, 2.24) is 0 Å². The highest BCUT2D eigenvalue weighted by Gasteiger charge is 2.14. The molecule has 0 saturated heterocycles. The van der Waals surface area contributed by atoms with Crippen molar-refractivity contribution in [2.75, 3.05) is 12.1 Å². The van der Waals surface area contributed by atoms with Gasteiger partial charge in [-0.05, 0) is 55.3 Å². The molecule has 0 spiro atoms. The molecule has 0 radical (unpaired) electrons. The third-order valence-corrected chi connectivity index (χ3v) is 3.36. The van der Waals surface area contributed by atoms with Crippen LogP contribution in [-0.4, -0.2) is 12.6 Å². The molecular formula is C18H17NO3. The Morgan fingerprint density at radius 3 is 2.55 bits per heavy atom. The molecule has 2 aromatic rings. The first-order valence-corrected chi connectivity index (χ1v) is 7.07. The van der Waals surface area contributed by atoms with E-state index >= 15 is 0 Å². The van der Waals surface area contributed by atoms with Crippen LogP contribution in [0.1, 0.15) is 21.5 Å². The fraction of sp³-hybridized carbons (Fsp3) is 0.167. The standard InChI is InChI=1S/C18H17NO3/c1-12-7-13(2)9-15(8-12)19-6-5-16(20)14-3-4-17-18(10-14)22-11-21-17/h3-10,19H,11H2,1-2H3/b6-5+. The quantitative estimate of drug-likeness (QED) is 0.687. The molecule has 0 bridgehead atoms. The molecule has 0 amide bonds. The average molecular weight is 295 g/mol. The SMILES string of the molecule is Cc1cc(C)cc(N/C=C/C(=O)c2ccc3c(c2)OCO3)c1. The minimum atomic E-state index is -0.0878. The number of carbonyl (C=O) groups is 1. The second-order valence-corrected chi connectivity index (χ2v) is 5.29. The number of nitrogens with one attached hydrogen (secondary N) is 1. The second-order valence-electron chi connectivity index (χ2n) is 5.29. The fourth-order valence-electron chi connectivity index (χ4n) is 2.42. The molecule has 1 N–H and O–H groups in total. The van der Waals surface area contributed by atoms with E-state index < -0.39 is 0 Å². The zero-order valence-electron chi connectivity index (χ0n) is 12.6. The van der Waals surface area contributed by atoms with Gasteiger partial charge in [0.2, 0.25) is 6.79 Å². The van der Waals surface area contributed by atoms with Crippen molar-refractivity contribution in [2.24, 2.45) is 0 Å². The van der Waals surface area contributed by atoms with E-state index in [0.717, 1.165) is 5.69 Å². The van der Waals surface area contributed by atoms with Crippen molar-refractivity contribution in [3.63, 3.8) is 0 Å². The van der Waals surface area contributed by atoms with Gasteiger partial charge in [-0.2, -0.15) is 0 Å². The summed E-state index contributed by atoms with van der Waals surface area (Å²) in [4.78, 5) is 12.1. The Kier molecular flexibility index (Phi) is 3.83. The van der Waals surface area contributed by atoms with Crippen LogP contribution in [-0.2, 0) is 0 Å². The largest absolute Gasteiger partial charge is 0.454 e. The van der Waals surface area contributed by atoms with Gasteiger partial charge in [0.1, 0.15) is 0 Å². The molecular weight excluding hydrogens is 278 g/mol. The van der Waals surface area contributed by atoms with Gasteiger partial charge in [0, 0.05) is 23.5 Å². The number of fused-ring (bicyclic) bond motifs is 1. The maximum Gasteiger partial charge on any atom is 0.231 e. The predicted molar refractivity (Wildman–Crippen MR) is 85.6 cm³/mol. The molecule has 2 aromatic carbocycles. The predicted octanol–water partition coefficient (Wildman–Crippen LogP) is 3.84. The van der Waals surface area contributed by atoms with Crippen LogP contribution in [0, 0.1) is 13.8 Å². The summed E-state index contributed by atoms with van der Waals surface area (Å²) in [5.74, 6) is 1.20. The first-order chi connectivity index (χ1) is 10.6. The zero-order chi connectivity index (χ0) is 15.5. The fourth-order valence-corrected chi connectivity index (χ4v) is 2.42. The number of carbonyl (C=O) groups excluding carboxylic acids is 1. The molecule has 112 valence electrons. The lowest BCUT2D eigenvalue weighted by molar-refractivity contribution is 0.104. The van der Waals surface area contributed by atoms with Crippen LogP contribution in [0.25, 0.3) is 0 Å². The lowest BCUT2D eigenvalue weighted by Gasteiger charge is -2.04. The van der Waals surface area contributed by atoms with Gasteiger partial charge in [0.05, 0.1) is 0 Å². The van der Waals surface area contributed by atoms with E-state index in [2.05, 4.69) is 11.4 Å². The summed E-state index contributed by atoms with van der Waals surface area (Å²) >= 11 is 0. The summed E-state index contributed by atoms with van der Waals surface area (Å²) in [6, 6.07) is 11.3. The third-order valence-electron chi connectivity index (χ3n) is 3.36. The van der Waals surface area contributed by atoms with E-state index in [-0.39, 0.29) is 12.6 Å². The summed E-state index contributed by atoms with van der Waals surface area (Å²) in [5.41, 5.74) is 3.89. The van der Waals surface area contributed by atoms with Crippen molar-refractivity contribution < 1.29 is 14.3 Å². The minimum Gasteiger partial charge on any atom is -0.454 e. The van der Waals surface area contributed by atoms with Crippen LogP contribution in [0.4, 0.5) is 5.69 Å². The van der Waals surface area contributed by atoms with Gasteiger partial charge in [-0.25, -0.2) is 0 Å². The molecule has 0 unspecified atom stereocenters. The Hall–Kier alpha value is -2.75. The Bertz CT molecular complexity index is 730. The molecule has 0 fully saturated rings. The molecule has 4 nitrogen and oxygen atoms in total. The minimum absolute atomic E-state index is 0.0878. The van der Waals surface area contributed by atoms with Crippen LogP contribution in [0.3, 0.4) is 0 Å². The maximum atomic E-state index is 12.1. The highest BCUT2D eigenvalue weighted by molar-refractivity contribution is 6.05. The first kappa shape index (κ1) is 14.2. The molecule has 1 aliphatic rings. The Morgan fingerprint density at radius 1 is 1.05 bits per heavy atom. The number of rotatable bonds is 4. The average Bonchev–Trinajstić information content (AvgIpc) is 2.93. The molecule has 22 heavy (non-hydrogen) atoms. The van der Waals surface area contributed by atoms with E-state index in [0.29, 0.717) is 17.1 Å². The normalized spacial score (nSPS) is 12.6. The molecule has 4 heteroatoms. The Morgan fingerprint density at radius 2 is 1.77 bits per heavy atom. The Labute approximate surface area is 129 Å². The summed E-state index contributed by atoms with van der Waals surface area (Å²) in [6.45, 7) is 4.29. The van der Waals surface area contributed by atoms with Gasteiger partial charge in [0.15, 0.2) is 17.3 Å². The summed E-state index contributed by atoms with van der Waals surface area (Å²) in [6.07, 6.45) is 3.16. The molecule has 3 rings (SSSR count). The summed E-state index contributed by atoms with van der Waals surface area (Å²) < 4.78 is 10.5. The van der Waals surface area contributed by atoms with Crippen molar-refractivity contribution in [1.29, 1.82) is 0 Å². The number of aryl methyl sites for hydroxylation is 2. The second kappa shape index (κ2) is 5.93. The third kappa shape index (κ3) is 3.11. The zero-order valence-corrected chi connectivity index (χ0v) is 12.6. The van der Waals surface area contributed by atoms with Gasteiger partial charge in [-0.1, -0.05) is 6.07 Å². The number of hydrogen-bond donors (Lipinski definition) is 1. The van der Waals surface area contributed by atoms with Gasteiger partial charge < -0.3 is 14.8 Å². The number of benzene rings is 2. The van der Waals surface area contributed by atoms with Gasteiger partial charge >= 0.3 is 0 Å². The van der Waals surface area contributed by atoms with Crippen molar-refractivity contribution in [3.05, 3.63) is 65.4 Å². The van der Waals surface area contributed by atoms with E-state index in [9.17, 15) is 4.79 Å². The number of allylic oxidation sites excluding steroid dienone is 1. The number of hydrogen-bond acceptors (Lipinski definition) is 4. The number of ether oxygens (including phenoxy) is 2. The number of ketones is 1. The summed E-state index contributed by atoms with van der Waals surface area (Å²) in [5, 5.41) is 3.12. The maximum absolute atomic E-state index is 12.1. The van der Waals surface area contributed by atoms with Gasteiger partial charge in [0.25, 0.3) is 0 Å². The molecule has 0 saturated carbocycles. The topological polar surface area (TPSA) is 47.6 Å². The molecule has 0 atom stereocenters. The lowest BCUT2D eigenvalue weighted by atomic mass is 10.1. The van der Waals surface area contributed by atoms with Gasteiger partial charge in [-0.3, -0.25) is 4.79 Å².